The second kappa shape index (κ2) is 6.35. The van der Waals surface area contributed by atoms with Gasteiger partial charge in [0.2, 0.25) is 0 Å². The number of β-amino-alcohol motifs (C(OH)–C–C–N with tert-alkyl or cyclic N) is 1. The SMILES string of the molecule is O=C1C=C(Nc2ccc(OC3COC3)c(F)c2)C(=O)N1CCO. The maximum Gasteiger partial charge on any atom is 0.277 e. The lowest BCUT2D eigenvalue weighted by Crippen LogP contribution is -2.38. The molecule has 7 nitrogen and oxygen atoms in total. The molecule has 2 heterocycles. The monoisotopic (exact) mass is 322 g/mol. The largest absolute Gasteiger partial charge is 0.483 e. The molecule has 2 aliphatic heterocycles. The zero-order valence-electron chi connectivity index (χ0n) is 12.1. The van der Waals surface area contributed by atoms with Crippen molar-refractivity contribution >= 4 is 17.5 Å². The van der Waals surface area contributed by atoms with Gasteiger partial charge in [-0.1, -0.05) is 0 Å². The predicted molar refractivity (Wildman–Crippen MR) is 77.1 cm³/mol. The Bertz CT molecular complexity index is 672. The Morgan fingerprint density at radius 2 is 2.17 bits per heavy atom. The fraction of sp³-hybridized carbons (Fsp3) is 0.333. The smallest absolute Gasteiger partial charge is 0.277 e. The Morgan fingerprint density at radius 3 is 2.78 bits per heavy atom. The quantitative estimate of drug-likeness (QED) is 0.731. The van der Waals surface area contributed by atoms with Gasteiger partial charge >= 0.3 is 0 Å². The number of rotatable bonds is 6. The molecule has 0 spiro atoms. The van der Waals surface area contributed by atoms with Gasteiger partial charge in [0.05, 0.1) is 26.4 Å². The van der Waals surface area contributed by atoms with E-state index >= 15 is 0 Å². The molecule has 122 valence electrons. The molecule has 0 aliphatic carbocycles. The first-order valence-corrected chi connectivity index (χ1v) is 7.08. The van der Waals surface area contributed by atoms with Gasteiger partial charge in [0.15, 0.2) is 11.6 Å². The summed E-state index contributed by atoms with van der Waals surface area (Å²) in [6.45, 7) is 0.474. The first-order valence-electron chi connectivity index (χ1n) is 7.08. The number of carbonyl (C=O) groups is 2. The lowest BCUT2D eigenvalue weighted by molar-refractivity contribution is -0.137. The number of nitrogens with zero attached hydrogens (tertiary/aromatic N) is 1. The summed E-state index contributed by atoms with van der Waals surface area (Å²) in [7, 11) is 0. The number of ether oxygens (including phenoxy) is 2. The normalized spacial score (nSPS) is 18.0. The molecule has 23 heavy (non-hydrogen) atoms. The highest BCUT2D eigenvalue weighted by Crippen LogP contribution is 2.25. The molecule has 1 aromatic rings. The fourth-order valence-corrected chi connectivity index (χ4v) is 2.20. The predicted octanol–water partition coefficient (Wildman–Crippen LogP) is 0.260. The van der Waals surface area contributed by atoms with Gasteiger partial charge in [0.1, 0.15) is 11.8 Å². The van der Waals surface area contributed by atoms with Gasteiger partial charge in [-0.05, 0) is 12.1 Å². The number of carbonyl (C=O) groups excluding carboxylic acids is 2. The third-order valence-electron chi connectivity index (χ3n) is 3.45. The van der Waals surface area contributed by atoms with Crippen LogP contribution in [0.3, 0.4) is 0 Å². The Hall–Kier alpha value is -2.45. The van der Waals surface area contributed by atoms with Crippen molar-refractivity contribution in [3.05, 3.63) is 35.8 Å². The molecule has 0 bridgehead atoms. The first kappa shape index (κ1) is 15.4. The van der Waals surface area contributed by atoms with E-state index in [2.05, 4.69) is 5.32 Å². The number of anilines is 1. The van der Waals surface area contributed by atoms with E-state index < -0.39 is 17.6 Å². The van der Waals surface area contributed by atoms with Crippen molar-refractivity contribution < 1.29 is 28.6 Å². The molecule has 1 aromatic carbocycles. The Labute approximate surface area is 131 Å². The van der Waals surface area contributed by atoms with Crippen molar-refractivity contribution in [2.24, 2.45) is 0 Å². The Kier molecular flexibility index (Phi) is 4.26. The number of aliphatic hydroxyl groups is 1. The number of hydrogen-bond donors (Lipinski definition) is 2. The molecule has 0 saturated carbocycles. The average Bonchev–Trinajstić information content (AvgIpc) is 2.73. The van der Waals surface area contributed by atoms with Crippen LogP contribution in [0.5, 0.6) is 5.75 Å². The molecule has 0 aromatic heterocycles. The van der Waals surface area contributed by atoms with Crippen LogP contribution in [0.2, 0.25) is 0 Å². The van der Waals surface area contributed by atoms with Crippen molar-refractivity contribution in [3.63, 3.8) is 0 Å². The molecule has 1 saturated heterocycles. The van der Waals surface area contributed by atoms with Crippen LogP contribution in [-0.2, 0) is 14.3 Å². The summed E-state index contributed by atoms with van der Waals surface area (Å²) < 4.78 is 24.3. The minimum Gasteiger partial charge on any atom is -0.483 e. The summed E-state index contributed by atoms with van der Waals surface area (Å²) in [5, 5.41) is 11.5. The van der Waals surface area contributed by atoms with E-state index in [1.54, 1.807) is 6.07 Å². The number of halogens is 1. The van der Waals surface area contributed by atoms with Gasteiger partial charge < -0.3 is 19.9 Å². The maximum atomic E-state index is 14.0. The lowest BCUT2D eigenvalue weighted by atomic mass is 10.2. The van der Waals surface area contributed by atoms with Crippen LogP contribution in [0, 0.1) is 5.82 Å². The summed E-state index contributed by atoms with van der Waals surface area (Å²) >= 11 is 0. The minimum atomic E-state index is -0.577. The van der Waals surface area contributed by atoms with Crippen molar-refractivity contribution in [2.45, 2.75) is 6.10 Å². The van der Waals surface area contributed by atoms with E-state index in [1.165, 1.54) is 12.1 Å². The highest BCUT2D eigenvalue weighted by Gasteiger charge is 2.30. The third kappa shape index (κ3) is 3.17. The van der Waals surface area contributed by atoms with Crippen LogP contribution in [0.1, 0.15) is 0 Å². The molecule has 8 heteroatoms. The number of nitrogens with one attached hydrogen (secondary N) is 1. The lowest BCUT2D eigenvalue weighted by Gasteiger charge is -2.26. The molecular weight excluding hydrogens is 307 g/mol. The summed E-state index contributed by atoms with van der Waals surface area (Å²) in [5.74, 6) is -1.55. The summed E-state index contributed by atoms with van der Waals surface area (Å²) in [5.41, 5.74) is 0.349. The van der Waals surface area contributed by atoms with Crippen LogP contribution in [0.25, 0.3) is 0 Å². The molecule has 1 fully saturated rings. The van der Waals surface area contributed by atoms with Crippen molar-refractivity contribution in [1.82, 2.24) is 4.90 Å². The minimum absolute atomic E-state index is 0.0314. The summed E-state index contributed by atoms with van der Waals surface area (Å²) in [4.78, 5) is 24.5. The second-order valence-electron chi connectivity index (χ2n) is 5.12. The molecule has 2 amide bonds. The second-order valence-corrected chi connectivity index (χ2v) is 5.12. The van der Waals surface area contributed by atoms with Gasteiger partial charge in [0, 0.05) is 17.8 Å². The van der Waals surface area contributed by atoms with Crippen LogP contribution in [0.4, 0.5) is 10.1 Å². The van der Waals surface area contributed by atoms with E-state index in [0.29, 0.717) is 18.9 Å². The van der Waals surface area contributed by atoms with Gasteiger partial charge in [-0.15, -0.1) is 0 Å². The maximum absolute atomic E-state index is 14.0. The summed E-state index contributed by atoms with van der Waals surface area (Å²) in [6, 6.07) is 4.18. The van der Waals surface area contributed by atoms with E-state index in [-0.39, 0.29) is 30.7 Å². The topological polar surface area (TPSA) is 88.1 Å². The molecule has 3 rings (SSSR count). The number of aliphatic hydroxyl groups excluding tert-OH is 1. The number of imide groups is 1. The van der Waals surface area contributed by atoms with Crippen molar-refractivity contribution in [1.29, 1.82) is 0 Å². The third-order valence-corrected chi connectivity index (χ3v) is 3.45. The van der Waals surface area contributed by atoms with Gasteiger partial charge in [-0.2, -0.15) is 0 Å². The first-order chi connectivity index (χ1) is 11.1. The van der Waals surface area contributed by atoms with Crippen LogP contribution in [0.15, 0.2) is 30.0 Å². The molecule has 2 N–H and O–H groups in total. The van der Waals surface area contributed by atoms with E-state index in [4.69, 9.17) is 14.6 Å². The number of benzene rings is 1. The van der Waals surface area contributed by atoms with E-state index in [9.17, 15) is 14.0 Å². The van der Waals surface area contributed by atoms with E-state index in [1.807, 2.05) is 0 Å². The van der Waals surface area contributed by atoms with Crippen molar-refractivity contribution in [3.8, 4) is 5.75 Å². The van der Waals surface area contributed by atoms with Gasteiger partial charge in [0.25, 0.3) is 11.8 Å². The standard InChI is InChI=1S/C15H15FN2O5/c16-11-5-9(1-2-13(11)23-10-7-22-8-10)17-12-6-14(20)18(3-4-19)15(12)21/h1-2,5-6,10,17,19H,3-4,7-8H2. The molecule has 0 atom stereocenters. The van der Waals surface area contributed by atoms with Crippen LogP contribution in [-0.4, -0.2) is 54.3 Å². The molecular formula is C15H15FN2O5. The zero-order chi connectivity index (χ0) is 16.4. The highest BCUT2D eigenvalue weighted by molar-refractivity contribution is 6.17. The molecule has 2 aliphatic rings. The Balaban J connectivity index is 1.68. The zero-order valence-corrected chi connectivity index (χ0v) is 12.1. The molecule has 0 unspecified atom stereocenters. The Morgan fingerprint density at radius 1 is 1.39 bits per heavy atom. The van der Waals surface area contributed by atoms with E-state index in [0.717, 1.165) is 11.0 Å². The highest BCUT2D eigenvalue weighted by atomic mass is 19.1. The number of amides is 2. The van der Waals surface area contributed by atoms with Crippen molar-refractivity contribution in [2.75, 3.05) is 31.7 Å². The number of hydrogen-bond acceptors (Lipinski definition) is 6. The van der Waals surface area contributed by atoms with Crippen LogP contribution >= 0.6 is 0 Å². The fourth-order valence-electron chi connectivity index (χ4n) is 2.20. The summed E-state index contributed by atoms with van der Waals surface area (Å²) in [6.07, 6.45) is 0.971. The van der Waals surface area contributed by atoms with Gasteiger partial charge in [-0.25, -0.2) is 4.39 Å². The average molecular weight is 322 g/mol. The molecule has 0 radical (unpaired) electrons. The van der Waals surface area contributed by atoms with Crippen LogP contribution < -0.4 is 10.1 Å². The van der Waals surface area contributed by atoms with Gasteiger partial charge in [-0.3, -0.25) is 14.5 Å².